The minimum absolute atomic E-state index is 0.0164. The molecule has 6 nitrogen and oxygen atoms in total. The molecule has 1 atom stereocenters. The van der Waals surface area contributed by atoms with Crippen molar-refractivity contribution in [2.24, 2.45) is 0 Å². The highest BCUT2D eigenvalue weighted by Gasteiger charge is 2.25. The number of hydrogen-bond donors (Lipinski definition) is 1. The van der Waals surface area contributed by atoms with Gasteiger partial charge in [0.15, 0.2) is 0 Å². The van der Waals surface area contributed by atoms with Gasteiger partial charge < -0.3 is 15.1 Å². The zero-order chi connectivity index (χ0) is 19.8. The fraction of sp³-hybridized carbons (Fsp3) is 0.450. The third kappa shape index (κ3) is 5.61. The molecule has 0 spiro atoms. The number of piperidine rings is 1. The van der Waals surface area contributed by atoms with Crippen molar-refractivity contribution in [1.29, 1.82) is 0 Å². The van der Waals surface area contributed by atoms with Crippen LogP contribution in [-0.4, -0.2) is 57.5 Å². The summed E-state index contributed by atoms with van der Waals surface area (Å²) >= 11 is -0.750. The molecule has 0 bridgehead atoms. The van der Waals surface area contributed by atoms with Gasteiger partial charge >= 0.3 is 17.6 Å². The molecule has 2 aromatic rings. The minimum Gasteiger partial charge on any atom is -0.331 e. The van der Waals surface area contributed by atoms with Gasteiger partial charge in [-0.1, -0.05) is 42.5 Å². The first-order chi connectivity index (χ1) is 13.0. The van der Waals surface area contributed by atoms with Crippen LogP contribution in [0.1, 0.15) is 31.4 Å². The number of rotatable bonds is 3. The van der Waals surface area contributed by atoms with Crippen molar-refractivity contribution in [3.05, 3.63) is 48.0 Å². The first kappa shape index (κ1) is 21.1. The highest BCUT2D eigenvalue weighted by molar-refractivity contribution is 7.51. The first-order valence-corrected chi connectivity index (χ1v) is 9.76. The molecule has 1 fully saturated rings. The Hall–Kier alpha value is -2.25. The molecule has 1 aliphatic heterocycles. The van der Waals surface area contributed by atoms with Gasteiger partial charge in [0.2, 0.25) is 0 Å². The lowest BCUT2D eigenvalue weighted by Crippen LogP contribution is -2.48. The second-order valence-corrected chi connectivity index (χ2v) is 7.09. The predicted molar refractivity (Wildman–Crippen MR) is 108 cm³/mol. The number of nitrogens with one attached hydrogen (secondary N) is 1. The minimum atomic E-state index is -0.750. The predicted octanol–water partition coefficient (Wildman–Crippen LogP) is 2.97. The topological polar surface area (TPSA) is 69.7 Å². The number of benzene rings is 2. The molecule has 2 aromatic carbocycles. The average Bonchev–Trinajstić information content (AvgIpc) is 2.68. The van der Waals surface area contributed by atoms with Crippen molar-refractivity contribution in [3.63, 3.8) is 0 Å². The van der Waals surface area contributed by atoms with Crippen molar-refractivity contribution < 1.29 is 13.2 Å². The summed E-state index contributed by atoms with van der Waals surface area (Å²) in [4.78, 5) is 16.8. The van der Waals surface area contributed by atoms with E-state index in [9.17, 15) is 4.79 Å². The second-order valence-electron chi connectivity index (χ2n) is 6.95. The van der Waals surface area contributed by atoms with E-state index in [2.05, 4.69) is 54.5 Å². The molecule has 0 aliphatic carbocycles. The van der Waals surface area contributed by atoms with E-state index in [0.29, 0.717) is 6.04 Å². The lowest BCUT2D eigenvalue weighted by molar-refractivity contribution is 0.146. The van der Waals surface area contributed by atoms with E-state index in [1.807, 2.05) is 24.1 Å². The zero-order valence-electron chi connectivity index (χ0n) is 16.1. The summed E-state index contributed by atoms with van der Waals surface area (Å²) in [6.07, 6.45) is 2.09. The summed E-state index contributed by atoms with van der Waals surface area (Å²) in [5.74, 6) is 0. The van der Waals surface area contributed by atoms with Crippen LogP contribution in [0.2, 0.25) is 0 Å². The smallest absolute Gasteiger partial charge is 0.331 e. The van der Waals surface area contributed by atoms with Crippen molar-refractivity contribution >= 4 is 28.4 Å². The zero-order valence-corrected chi connectivity index (χ0v) is 16.9. The van der Waals surface area contributed by atoms with Gasteiger partial charge in [0.25, 0.3) is 0 Å². The molecule has 7 heteroatoms. The molecule has 1 N–H and O–H groups in total. The Morgan fingerprint density at radius 3 is 2.41 bits per heavy atom. The summed E-state index contributed by atoms with van der Waals surface area (Å²) in [5.41, 5.74) is 1.17. The van der Waals surface area contributed by atoms with E-state index in [-0.39, 0.29) is 12.1 Å². The van der Waals surface area contributed by atoms with Crippen LogP contribution in [0.5, 0.6) is 0 Å². The van der Waals surface area contributed by atoms with E-state index in [4.69, 9.17) is 8.42 Å². The third-order valence-corrected chi connectivity index (χ3v) is 5.19. The summed E-state index contributed by atoms with van der Waals surface area (Å²) < 4.78 is 16.6. The van der Waals surface area contributed by atoms with Crippen LogP contribution in [-0.2, 0) is 11.6 Å². The van der Waals surface area contributed by atoms with E-state index in [1.54, 1.807) is 0 Å². The van der Waals surface area contributed by atoms with Gasteiger partial charge in [-0.05, 0) is 56.2 Å². The normalized spacial score (nSPS) is 16.1. The molecule has 0 saturated carbocycles. The average molecular weight is 390 g/mol. The number of likely N-dealkylation sites (tertiary alicyclic amines) is 1. The van der Waals surface area contributed by atoms with Crippen LogP contribution in [0, 0.1) is 0 Å². The van der Waals surface area contributed by atoms with Gasteiger partial charge in [-0.25, -0.2) is 4.79 Å². The number of amides is 2. The SMILES string of the molecule is CC(NC(=O)N(C)C1CCN(C)CC1)c1cccc2ccccc12.O=S=O. The van der Waals surface area contributed by atoms with Gasteiger partial charge in [-0.15, -0.1) is 0 Å². The lowest BCUT2D eigenvalue weighted by atomic mass is 10.00. The Morgan fingerprint density at radius 1 is 1.15 bits per heavy atom. The van der Waals surface area contributed by atoms with E-state index >= 15 is 0 Å². The van der Waals surface area contributed by atoms with Crippen LogP contribution in [0.4, 0.5) is 4.79 Å². The standard InChI is InChI=1S/C20H27N3O.O2S/c1-15(18-10-6-8-16-7-4-5-9-19(16)18)21-20(24)23(3)17-11-13-22(2)14-12-17;1-3-2/h4-10,15,17H,11-14H2,1-3H3,(H,21,24);. The van der Waals surface area contributed by atoms with E-state index < -0.39 is 11.6 Å². The van der Waals surface area contributed by atoms with Crippen LogP contribution >= 0.6 is 0 Å². The molecule has 3 rings (SSSR count). The monoisotopic (exact) mass is 389 g/mol. The van der Waals surface area contributed by atoms with Crippen LogP contribution in [0.15, 0.2) is 42.5 Å². The van der Waals surface area contributed by atoms with Crippen molar-refractivity contribution in [3.8, 4) is 0 Å². The fourth-order valence-corrected chi connectivity index (χ4v) is 3.54. The number of nitrogens with zero attached hydrogens (tertiary/aromatic N) is 2. The maximum atomic E-state index is 12.6. The van der Waals surface area contributed by atoms with E-state index in [1.165, 1.54) is 16.3 Å². The highest BCUT2D eigenvalue weighted by atomic mass is 32.1. The molecule has 1 heterocycles. The fourth-order valence-electron chi connectivity index (χ4n) is 3.54. The van der Waals surface area contributed by atoms with Gasteiger partial charge in [-0.2, -0.15) is 8.42 Å². The maximum Gasteiger partial charge on any atom is 0.335 e. The molecule has 27 heavy (non-hydrogen) atoms. The Kier molecular flexibility index (Phi) is 7.94. The van der Waals surface area contributed by atoms with Gasteiger partial charge in [0.05, 0.1) is 6.04 Å². The largest absolute Gasteiger partial charge is 0.335 e. The first-order valence-electron chi connectivity index (χ1n) is 9.09. The van der Waals surface area contributed by atoms with E-state index in [0.717, 1.165) is 25.9 Å². The van der Waals surface area contributed by atoms with Crippen LogP contribution < -0.4 is 5.32 Å². The summed E-state index contributed by atoms with van der Waals surface area (Å²) in [7, 11) is 4.06. The highest BCUT2D eigenvalue weighted by Crippen LogP contribution is 2.24. The molecule has 0 radical (unpaired) electrons. The van der Waals surface area contributed by atoms with Crippen molar-refractivity contribution in [2.45, 2.75) is 31.8 Å². The van der Waals surface area contributed by atoms with Gasteiger partial charge in [-0.3, -0.25) is 0 Å². The molecule has 1 unspecified atom stereocenters. The quantitative estimate of drug-likeness (QED) is 0.876. The van der Waals surface area contributed by atoms with Gasteiger partial charge in [0.1, 0.15) is 0 Å². The third-order valence-electron chi connectivity index (χ3n) is 5.19. The van der Waals surface area contributed by atoms with Crippen LogP contribution in [0.3, 0.4) is 0 Å². The molecular formula is C20H27N3O3S. The second kappa shape index (κ2) is 10.2. The Bertz CT molecular complexity index is 795. The number of carbonyl (C=O) groups is 1. The summed E-state index contributed by atoms with van der Waals surface area (Å²) in [6.45, 7) is 4.17. The molecular weight excluding hydrogens is 362 g/mol. The number of fused-ring (bicyclic) bond motifs is 1. The molecule has 2 amide bonds. The lowest BCUT2D eigenvalue weighted by Gasteiger charge is -2.35. The number of carbonyl (C=O) groups excluding carboxylic acids is 1. The maximum absolute atomic E-state index is 12.6. The van der Waals surface area contributed by atoms with Gasteiger partial charge in [0, 0.05) is 13.1 Å². The molecule has 1 saturated heterocycles. The van der Waals surface area contributed by atoms with Crippen molar-refractivity contribution in [2.75, 3.05) is 27.2 Å². The summed E-state index contributed by atoms with van der Waals surface area (Å²) in [5, 5.41) is 5.58. The molecule has 0 aromatic heterocycles. The molecule has 1 aliphatic rings. The Morgan fingerprint density at radius 2 is 1.74 bits per heavy atom. The number of hydrogen-bond acceptors (Lipinski definition) is 4. The number of urea groups is 1. The Balaban J connectivity index is 0.000000817. The summed E-state index contributed by atoms with van der Waals surface area (Å²) in [6, 6.07) is 14.9. The Labute approximate surface area is 164 Å². The van der Waals surface area contributed by atoms with Crippen molar-refractivity contribution in [1.82, 2.24) is 15.1 Å². The molecule has 146 valence electrons. The van der Waals surface area contributed by atoms with Crippen LogP contribution in [0.25, 0.3) is 10.8 Å².